The minimum Gasteiger partial charge on any atom is -0.240 e. The molecule has 0 radical (unpaired) electrons. The average molecular weight is 170 g/mol. The molecule has 1 aliphatic heterocycles. The second kappa shape index (κ2) is 2.34. The van der Waals surface area contributed by atoms with E-state index in [0.717, 1.165) is 12.2 Å². The summed E-state index contributed by atoms with van der Waals surface area (Å²) in [7, 11) is 0. The summed E-state index contributed by atoms with van der Waals surface area (Å²) >= 11 is 5.85. The summed E-state index contributed by atoms with van der Waals surface area (Å²) in [5.41, 5.74) is 0. The van der Waals surface area contributed by atoms with E-state index in [1.165, 1.54) is 0 Å². The summed E-state index contributed by atoms with van der Waals surface area (Å²) in [6.45, 7) is 2.05. The fourth-order valence-electron chi connectivity index (χ4n) is 1.12. The largest absolute Gasteiger partial charge is 0.240 e. The van der Waals surface area contributed by atoms with E-state index < -0.39 is 0 Å². The fourth-order valence-corrected chi connectivity index (χ4v) is 1.28. The predicted octanol–water partition coefficient (Wildman–Crippen LogP) is 1.48. The molecule has 1 aromatic heterocycles. The van der Waals surface area contributed by atoms with Gasteiger partial charge in [-0.05, 0) is 0 Å². The van der Waals surface area contributed by atoms with Gasteiger partial charge in [0.1, 0.15) is 11.0 Å². The quantitative estimate of drug-likeness (QED) is 0.579. The van der Waals surface area contributed by atoms with Crippen molar-refractivity contribution in [3.8, 4) is 0 Å². The molecule has 1 unspecified atom stereocenters. The van der Waals surface area contributed by atoms with Crippen LogP contribution in [-0.4, -0.2) is 14.8 Å². The summed E-state index contributed by atoms with van der Waals surface area (Å²) in [6.07, 6.45) is 4.43. The Hall–Kier alpha value is -0.830. The molecule has 0 fully saturated rings. The van der Waals surface area contributed by atoms with Crippen LogP contribution in [0, 0.1) is 5.92 Å². The number of aromatic nitrogens is 2. The molecule has 1 aromatic rings. The van der Waals surface area contributed by atoms with Crippen LogP contribution in [0.3, 0.4) is 0 Å². The van der Waals surface area contributed by atoms with E-state index in [4.69, 9.17) is 11.6 Å². The normalized spacial score (nSPS) is 22.7. The second-order valence-electron chi connectivity index (χ2n) is 2.72. The van der Waals surface area contributed by atoms with Crippen LogP contribution >= 0.6 is 11.6 Å². The minimum atomic E-state index is 0.312. The fraction of sp³-hybridized carbons (Fsp3) is 0.429. The van der Waals surface area contributed by atoms with Gasteiger partial charge in [-0.3, -0.25) is 0 Å². The topological polar surface area (TPSA) is 30.2 Å². The van der Waals surface area contributed by atoms with E-state index in [9.17, 15) is 0 Å². The van der Waals surface area contributed by atoms with E-state index in [2.05, 4.69) is 10.1 Å². The van der Waals surface area contributed by atoms with Crippen LogP contribution in [0.25, 0.3) is 0 Å². The molecular formula is C7H8ClN3. The Kier molecular flexibility index (Phi) is 1.46. The first-order valence-corrected chi connectivity index (χ1v) is 3.92. The van der Waals surface area contributed by atoms with Crippen LogP contribution in [0.5, 0.6) is 0 Å². The number of hydrogen-bond acceptors (Lipinski definition) is 2. The molecule has 0 N–H and O–H groups in total. The number of imidazole rings is 1. The highest BCUT2D eigenvalue weighted by Gasteiger charge is 2.17. The molecule has 0 aliphatic carbocycles. The zero-order chi connectivity index (χ0) is 7.84. The Morgan fingerprint density at radius 2 is 2.55 bits per heavy atom. The van der Waals surface area contributed by atoms with Gasteiger partial charge in [-0.1, -0.05) is 18.5 Å². The Morgan fingerprint density at radius 3 is 3.36 bits per heavy atom. The maximum absolute atomic E-state index is 5.85. The molecule has 0 spiro atoms. The maximum Gasteiger partial charge on any atom is 0.130 e. The van der Waals surface area contributed by atoms with Crippen LogP contribution in [0.2, 0.25) is 0 Å². The lowest BCUT2D eigenvalue weighted by molar-refractivity contribution is 0.641. The van der Waals surface area contributed by atoms with Crippen molar-refractivity contribution >= 4 is 16.8 Å². The van der Waals surface area contributed by atoms with Crippen molar-refractivity contribution in [2.45, 2.75) is 13.3 Å². The molecule has 0 saturated carbocycles. The van der Waals surface area contributed by atoms with E-state index >= 15 is 0 Å². The monoisotopic (exact) mass is 169 g/mol. The number of nitrogens with zero attached hydrogens (tertiary/aromatic N) is 3. The third-order valence-corrected chi connectivity index (χ3v) is 2.24. The lowest BCUT2D eigenvalue weighted by atomic mass is 10.1. The van der Waals surface area contributed by atoms with Crippen LogP contribution < -0.4 is 0 Å². The van der Waals surface area contributed by atoms with Crippen molar-refractivity contribution in [3.63, 3.8) is 0 Å². The van der Waals surface area contributed by atoms with Gasteiger partial charge in [-0.15, -0.1) is 0 Å². The maximum atomic E-state index is 5.85. The summed E-state index contributed by atoms with van der Waals surface area (Å²) in [4.78, 5) is 4.14. The highest BCUT2D eigenvalue weighted by Crippen LogP contribution is 2.16. The van der Waals surface area contributed by atoms with E-state index in [1.54, 1.807) is 10.9 Å². The first-order valence-electron chi connectivity index (χ1n) is 3.54. The van der Waals surface area contributed by atoms with E-state index in [1.807, 2.05) is 13.1 Å². The second-order valence-corrected chi connectivity index (χ2v) is 3.10. The number of rotatable bonds is 0. The van der Waals surface area contributed by atoms with Gasteiger partial charge in [-0.2, -0.15) is 5.10 Å². The Bertz CT molecular complexity index is 302. The molecule has 1 aliphatic rings. The lowest BCUT2D eigenvalue weighted by Gasteiger charge is -2.14. The van der Waals surface area contributed by atoms with Crippen molar-refractivity contribution in [1.82, 2.24) is 9.66 Å². The number of halogens is 1. The Balaban J connectivity index is 2.47. The van der Waals surface area contributed by atoms with E-state index in [0.29, 0.717) is 11.1 Å². The van der Waals surface area contributed by atoms with Gasteiger partial charge in [0.15, 0.2) is 0 Å². The molecule has 4 heteroatoms. The van der Waals surface area contributed by atoms with Crippen molar-refractivity contribution in [2.75, 3.05) is 0 Å². The van der Waals surface area contributed by atoms with Crippen molar-refractivity contribution in [2.24, 2.45) is 11.0 Å². The van der Waals surface area contributed by atoms with Gasteiger partial charge in [-0.25, -0.2) is 9.66 Å². The molecule has 0 bridgehead atoms. The molecule has 2 heterocycles. The molecular weight excluding hydrogens is 162 g/mol. The van der Waals surface area contributed by atoms with E-state index in [-0.39, 0.29) is 0 Å². The number of fused-ring (bicyclic) bond motifs is 1. The molecule has 1 atom stereocenters. The zero-order valence-electron chi connectivity index (χ0n) is 6.16. The predicted molar refractivity (Wildman–Crippen MR) is 43.8 cm³/mol. The van der Waals surface area contributed by atoms with Crippen LogP contribution in [0.1, 0.15) is 12.7 Å². The van der Waals surface area contributed by atoms with Gasteiger partial charge in [0.05, 0.1) is 0 Å². The highest BCUT2D eigenvalue weighted by molar-refractivity contribution is 6.65. The van der Waals surface area contributed by atoms with Gasteiger partial charge < -0.3 is 0 Å². The van der Waals surface area contributed by atoms with Crippen molar-refractivity contribution in [1.29, 1.82) is 0 Å². The average Bonchev–Trinajstić information content (AvgIpc) is 2.36. The van der Waals surface area contributed by atoms with Gasteiger partial charge in [0, 0.05) is 24.7 Å². The summed E-state index contributed by atoms with van der Waals surface area (Å²) in [5.74, 6) is 1.30. The first kappa shape index (κ1) is 6.85. The lowest BCUT2D eigenvalue weighted by Crippen LogP contribution is -2.17. The van der Waals surface area contributed by atoms with Crippen molar-refractivity contribution in [3.05, 3.63) is 18.2 Å². The third kappa shape index (κ3) is 1.05. The minimum absolute atomic E-state index is 0.312. The molecule has 11 heavy (non-hydrogen) atoms. The number of hydrogen-bond donors (Lipinski definition) is 0. The van der Waals surface area contributed by atoms with Gasteiger partial charge in [0.2, 0.25) is 0 Å². The molecule has 0 saturated heterocycles. The molecule has 2 rings (SSSR count). The highest BCUT2D eigenvalue weighted by atomic mass is 35.5. The molecule has 58 valence electrons. The first-order chi connectivity index (χ1) is 5.27. The van der Waals surface area contributed by atoms with Crippen LogP contribution in [0.15, 0.2) is 17.5 Å². The van der Waals surface area contributed by atoms with Crippen LogP contribution in [-0.2, 0) is 6.42 Å². The summed E-state index contributed by atoms with van der Waals surface area (Å²) in [6, 6.07) is 0. The summed E-state index contributed by atoms with van der Waals surface area (Å²) in [5, 5.41) is 4.79. The van der Waals surface area contributed by atoms with Crippen molar-refractivity contribution < 1.29 is 0 Å². The SMILES string of the molecule is CC1Cc2nccn2N=C1Cl. The Labute approximate surface area is 69.7 Å². The third-order valence-electron chi connectivity index (χ3n) is 1.79. The van der Waals surface area contributed by atoms with Gasteiger partial charge in [0.25, 0.3) is 0 Å². The molecule has 3 nitrogen and oxygen atoms in total. The van der Waals surface area contributed by atoms with Crippen LogP contribution in [0.4, 0.5) is 0 Å². The Morgan fingerprint density at radius 1 is 1.73 bits per heavy atom. The zero-order valence-corrected chi connectivity index (χ0v) is 6.91. The molecule has 0 amide bonds. The molecule has 0 aromatic carbocycles. The summed E-state index contributed by atoms with van der Waals surface area (Å²) < 4.78 is 1.72. The smallest absolute Gasteiger partial charge is 0.130 e. The standard InChI is InChI=1S/C7H8ClN3/c1-5-4-6-9-2-3-11(6)10-7(5)8/h2-3,5H,4H2,1H3. The van der Waals surface area contributed by atoms with Gasteiger partial charge >= 0.3 is 0 Å².